The Morgan fingerprint density at radius 1 is 0.562 bits per heavy atom. The van der Waals surface area contributed by atoms with Crippen LogP contribution in [0.5, 0.6) is 0 Å². The van der Waals surface area contributed by atoms with Gasteiger partial charge in [-0.2, -0.15) is 0 Å². The molecule has 10 heteroatoms. The fraction of sp³-hybridized carbons (Fsp3) is 0. The molecule has 0 aromatic heterocycles. The first-order chi connectivity index (χ1) is 15.2. The number of nitro groups is 2. The van der Waals surface area contributed by atoms with Crippen molar-refractivity contribution >= 4 is 82.1 Å². The molecule has 162 valence electrons. The Morgan fingerprint density at radius 2 is 0.938 bits per heavy atom. The van der Waals surface area contributed by atoms with Gasteiger partial charge < -0.3 is 0 Å². The van der Waals surface area contributed by atoms with E-state index in [-0.39, 0.29) is 11.1 Å². The third kappa shape index (κ3) is 5.66. The highest BCUT2D eigenvalue weighted by molar-refractivity contribution is 6.36. The molecule has 0 atom stereocenters. The molecule has 0 saturated heterocycles. The van der Waals surface area contributed by atoms with Crippen molar-refractivity contribution < 1.29 is 9.85 Å². The lowest BCUT2D eigenvalue weighted by atomic mass is 10.0. The number of benzene rings is 3. The molecular formula is C22H12Cl4N2O4. The Bertz CT molecular complexity index is 1190. The normalized spacial score (nSPS) is 11.4. The average molecular weight is 510 g/mol. The summed E-state index contributed by atoms with van der Waals surface area (Å²) in [6.45, 7) is 0. The summed E-state index contributed by atoms with van der Waals surface area (Å²) < 4.78 is 0. The Kier molecular flexibility index (Phi) is 7.53. The minimum Gasteiger partial charge on any atom is -0.258 e. The first kappa shape index (κ1) is 23.8. The molecule has 32 heavy (non-hydrogen) atoms. The molecule has 6 nitrogen and oxygen atoms in total. The molecule has 0 aliphatic carbocycles. The van der Waals surface area contributed by atoms with Crippen molar-refractivity contribution in [2.45, 2.75) is 0 Å². The monoisotopic (exact) mass is 508 g/mol. The van der Waals surface area contributed by atoms with E-state index in [1.54, 1.807) is 36.4 Å². The van der Waals surface area contributed by atoms with Gasteiger partial charge >= 0.3 is 0 Å². The summed E-state index contributed by atoms with van der Waals surface area (Å²) in [7, 11) is 0. The summed E-state index contributed by atoms with van der Waals surface area (Å²) in [6.07, 6.45) is 6.06. The van der Waals surface area contributed by atoms with Gasteiger partial charge in [0.05, 0.1) is 27.0 Å². The minimum absolute atomic E-state index is 0.161. The van der Waals surface area contributed by atoms with E-state index in [9.17, 15) is 20.2 Å². The van der Waals surface area contributed by atoms with Crippen molar-refractivity contribution in [3.63, 3.8) is 0 Å². The van der Waals surface area contributed by atoms with Crippen LogP contribution in [0.2, 0.25) is 20.1 Å². The van der Waals surface area contributed by atoms with Crippen LogP contribution < -0.4 is 0 Å². The van der Waals surface area contributed by atoms with E-state index in [0.717, 1.165) is 6.07 Å². The van der Waals surface area contributed by atoms with Crippen molar-refractivity contribution in [1.82, 2.24) is 0 Å². The second-order valence-corrected chi connectivity index (χ2v) is 8.17. The van der Waals surface area contributed by atoms with Gasteiger partial charge in [0, 0.05) is 20.1 Å². The first-order valence-electron chi connectivity index (χ1n) is 8.89. The third-order valence-corrected chi connectivity index (χ3v) is 5.50. The van der Waals surface area contributed by atoms with Gasteiger partial charge in [-0.1, -0.05) is 70.7 Å². The Labute approximate surface area is 202 Å². The van der Waals surface area contributed by atoms with Crippen LogP contribution in [0.1, 0.15) is 22.3 Å². The van der Waals surface area contributed by atoms with E-state index in [2.05, 4.69) is 0 Å². The first-order valence-corrected chi connectivity index (χ1v) is 10.4. The molecule has 3 aromatic rings. The zero-order valence-corrected chi connectivity index (χ0v) is 19.0. The molecule has 0 bridgehead atoms. The summed E-state index contributed by atoms with van der Waals surface area (Å²) in [5.74, 6) is 0. The molecule has 0 spiro atoms. The molecule has 0 unspecified atom stereocenters. The molecule has 0 fully saturated rings. The van der Waals surface area contributed by atoms with Gasteiger partial charge in [0.2, 0.25) is 0 Å². The highest BCUT2D eigenvalue weighted by Crippen LogP contribution is 2.33. The zero-order valence-electron chi connectivity index (χ0n) is 16.0. The van der Waals surface area contributed by atoms with Crippen LogP contribution in [0.3, 0.4) is 0 Å². The maximum absolute atomic E-state index is 11.5. The highest BCUT2D eigenvalue weighted by Gasteiger charge is 2.22. The summed E-state index contributed by atoms with van der Waals surface area (Å²) in [4.78, 5) is 21.7. The van der Waals surface area contributed by atoms with E-state index in [1.165, 1.54) is 30.4 Å². The zero-order chi connectivity index (χ0) is 23.4. The fourth-order valence-electron chi connectivity index (χ4n) is 2.83. The molecule has 0 aliphatic heterocycles. The van der Waals surface area contributed by atoms with Crippen molar-refractivity contribution in [1.29, 1.82) is 0 Å². The van der Waals surface area contributed by atoms with Crippen LogP contribution in [-0.2, 0) is 0 Å². The predicted molar refractivity (Wildman–Crippen MR) is 131 cm³/mol. The molecular weight excluding hydrogens is 498 g/mol. The van der Waals surface area contributed by atoms with Crippen LogP contribution in [0.15, 0.2) is 48.5 Å². The predicted octanol–water partition coefficient (Wildman–Crippen LogP) is 8.46. The quantitative estimate of drug-likeness (QED) is 0.189. The molecule has 0 amide bonds. The SMILES string of the molecule is O=[N+]([O-])c1cc([N+](=O)[O-])c(C=Cc2ccc(Cl)cc2Cl)cc1C=Cc1ccc(Cl)cc1Cl. The van der Waals surface area contributed by atoms with Gasteiger partial charge in [-0.05, 0) is 53.6 Å². The lowest BCUT2D eigenvalue weighted by molar-refractivity contribution is -0.394. The average Bonchev–Trinajstić information content (AvgIpc) is 2.72. The van der Waals surface area contributed by atoms with E-state index < -0.39 is 21.2 Å². The van der Waals surface area contributed by atoms with Crippen molar-refractivity contribution in [3.05, 3.63) is 111 Å². The van der Waals surface area contributed by atoms with Crippen LogP contribution in [0.25, 0.3) is 24.3 Å². The molecule has 3 aromatic carbocycles. The highest BCUT2D eigenvalue weighted by atomic mass is 35.5. The second kappa shape index (κ2) is 10.1. The molecule has 0 heterocycles. The number of nitro benzene ring substituents is 2. The maximum atomic E-state index is 11.5. The number of halogens is 4. The smallest absolute Gasteiger partial charge is 0.258 e. The topological polar surface area (TPSA) is 86.3 Å². The van der Waals surface area contributed by atoms with Gasteiger partial charge in [-0.15, -0.1) is 0 Å². The van der Waals surface area contributed by atoms with Crippen LogP contribution in [0, 0.1) is 20.2 Å². The van der Waals surface area contributed by atoms with E-state index in [4.69, 9.17) is 46.4 Å². The van der Waals surface area contributed by atoms with Crippen molar-refractivity contribution in [2.75, 3.05) is 0 Å². The minimum atomic E-state index is -0.681. The van der Waals surface area contributed by atoms with Crippen molar-refractivity contribution in [2.24, 2.45) is 0 Å². The lowest BCUT2D eigenvalue weighted by Crippen LogP contribution is -1.98. The summed E-state index contributed by atoms with van der Waals surface area (Å²) >= 11 is 24.1. The molecule has 0 aliphatic rings. The third-order valence-electron chi connectivity index (χ3n) is 4.38. The van der Waals surface area contributed by atoms with E-state index >= 15 is 0 Å². The van der Waals surface area contributed by atoms with E-state index in [0.29, 0.717) is 31.2 Å². The van der Waals surface area contributed by atoms with Crippen LogP contribution in [-0.4, -0.2) is 9.85 Å². The second-order valence-electron chi connectivity index (χ2n) is 6.48. The Morgan fingerprint density at radius 3 is 1.28 bits per heavy atom. The Hall–Kier alpha value is -2.90. The number of rotatable bonds is 6. The fourth-order valence-corrected chi connectivity index (χ4v) is 3.77. The van der Waals surface area contributed by atoms with Crippen LogP contribution >= 0.6 is 46.4 Å². The standard InChI is InChI=1S/C22H12Cl4N2O4/c23-17-7-5-13(19(25)10-17)1-3-15-9-16(22(28(31)32)12-21(15)27(29)30)4-2-14-6-8-18(24)11-20(14)26/h1-12H. The number of nitrogens with zero attached hydrogens (tertiary/aromatic N) is 2. The maximum Gasteiger partial charge on any atom is 0.283 e. The molecule has 0 radical (unpaired) electrons. The molecule has 0 saturated carbocycles. The van der Waals surface area contributed by atoms with Gasteiger partial charge in [0.15, 0.2) is 0 Å². The summed E-state index contributed by atoms with van der Waals surface area (Å²) in [6, 6.07) is 11.9. The van der Waals surface area contributed by atoms with Gasteiger partial charge in [0.25, 0.3) is 11.4 Å². The van der Waals surface area contributed by atoms with Gasteiger partial charge in [-0.3, -0.25) is 20.2 Å². The number of hydrogen-bond acceptors (Lipinski definition) is 4. The number of hydrogen-bond donors (Lipinski definition) is 0. The Balaban J connectivity index is 2.10. The van der Waals surface area contributed by atoms with Crippen LogP contribution in [0.4, 0.5) is 11.4 Å². The lowest BCUT2D eigenvalue weighted by Gasteiger charge is -2.04. The molecule has 3 rings (SSSR count). The van der Waals surface area contributed by atoms with E-state index in [1.807, 2.05) is 0 Å². The van der Waals surface area contributed by atoms with Gasteiger partial charge in [0.1, 0.15) is 0 Å². The summed E-state index contributed by atoms with van der Waals surface area (Å²) in [5, 5.41) is 24.7. The molecule has 0 N–H and O–H groups in total. The van der Waals surface area contributed by atoms with Crippen molar-refractivity contribution in [3.8, 4) is 0 Å². The largest absolute Gasteiger partial charge is 0.283 e. The van der Waals surface area contributed by atoms with Gasteiger partial charge in [-0.25, -0.2) is 0 Å². The summed E-state index contributed by atoms with van der Waals surface area (Å²) in [5.41, 5.74) is 0.642.